The SMILES string of the molecule is O=C(CN(c1ccc(F)cc1)S(=O)(=O)c1cccs1)Nc1ccc2c(c1)OCO2. The zero-order valence-corrected chi connectivity index (χ0v) is 16.5. The molecule has 10 heteroatoms. The first kappa shape index (κ1) is 19.2. The number of hydrogen-bond donors (Lipinski definition) is 1. The Morgan fingerprint density at radius 3 is 2.59 bits per heavy atom. The Morgan fingerprint density at radius 2 is 1.86 bits per heavy atom. The molecule has 1 aliphatic heterocycles. The van der Waals surface area contributed by atoms with Gasteiger partial charge in [0, 0.05) is 11.8 Å². The standard InChI is InChI=1S/C19H15FN2O5S2/c20-13-3-6-15(7-4-13)22(29(24,25)19-2-1-9-28-19)11-18(23)21-14-5-8-16-17(10-14)27-12-26-16/h1-10H,11-12H2,(H,21,23). The molecule has 0 bridgehead atoms. The van der Waals surface area contributed by atoms with Crippen LogP contribution in [0.5, 0.6) is 11.5 Å². The second-order valence-corrected chi connectivity index (χ2v) is 9.07. The summed E-state index contributed by atoms with van der Waals surface area (Å²) in [5, 5.41) is 4.28. The first-order valence-electron chi connectivity index (χ1n) is 8.45. The average molecular weight is 434 g/mol. The minimum absolute atomic E-state index is 0.0812. The zero-order valence-electron chi connectivity index (χ0n) is 14.9. The Hall–Kier alpha value is -3.11. The third-order valence-corrected chi connectivity index (χ3v) is 7.24. The number of rotatable bonds is 6. The van der Waals surface area contributed by atoms with Crippen molar-refractivity contribution in [2.24, 2.45) is 0 Å². The van der Waals surface area contributed by atoms with Crippen LogP contribution in [0.4, 0.5) is 15.8 Å². The lowest BCUT2D eigenvalue weighted by Crippen LogP contribution is -2.37. The molecular weight excluding hydrogens is 419 g/mol. The number of nitrogens with one attached hydrogen (secondary N) is 1. The lowest BCUT2D eigenvalue weighted by Gasteiger charge is -2.23. The fraction of sp³-hybridized carbons (Fsp3) is 0.105. The number of anilines is 2. The van der Waals surface area contributed by atoms with E-state index in [1.807, 2.05) is 0 Å². The molecule has 0 saturated carbocycles. The molecule has 0 aliphatic carbocycles. The summed E-state index contributed by atoms with van der Waals surface area (Å²) in [5.41, 5.74) is 0.618. The van der Waals surface area contributed by atoms with Crippen LogP contribution in [0.1, 0.15) is 0 Å². The van der Waals surface area contributed by atoms with Crippen molar-refractivity contribution in [3.63, 3.8) is 0 Å². The van der Waals surface area contributed by atoms with Gasteiger partial charge < -0.3 is 14.8 Å². The monoisotopic (exact) mass is 434 g/mol. The number of carbonyl (C=O) groups is 1. The third-order valence-electron chi connectivity index (χ3n) is 4.10. The molecular formula is C19H15FN2O5S2. The van der Waals surface area contributed by atoms with Gasteiger partial charge in [-0.1, -0.05) is 6.07 Å². The molecule has 0 saturated heterocycles. The van der Waals surface area contributed by atoms with Crippen LogP contribution in [0.15, 0.2) is 64.2 Å². The van der Waals surface area contributed by atoms with Crippen molar-refractivity contribution in [2.45, 2.75) is 4.21 Å². The van der Waals surface area contributed by atoms with Gasteiger partial charge in [-0.15, -0.1) is 11.3 Å². The van der Waals surface area contributed by atoms with Crippen molar-refractivity contribution in [2.75, 3.05) is 23.0 Å². The Bertz CT molecular complexity index is 1130. The Morgan fingerprint density at radius 1 is 1.10 bits per heavy atom. The largest absolute Gasteiger partial charge is 0.454 e. The minimum Gasteiger partial charge on any atom is -0.454 e. The van der Waals surface area contributed by atoms with Gasteiger partial charge in [0.25, 0.3) is 10.0 Å². The summed E-state index contributed by atoms with van der Waals surface area (Å²) in [7, 11) is -4.00. The zero-order chi connectivity index (χ0) is 20.4. The van der Waals surface area contributed by atoms with E-state index in [1.165, 1.54) is 18.2 Å². The summed E-state index contributed by atoms with van der Waals surface area (Å²) < 4.78 is 50.9. The predicted octanol–water partition coefficient (Wildman–Crippen LogP) is 3.45. The number of benzene rings is 2. The third kappa shape index (κ3) is 4.03. The molecule has 1 aromatic heterocycles. The van der Waals surface area contributed by atoms with E-state index in [1.54, 1.807) is 29.6 Å². The predicted molar refractivity (Wildman–Crippen MR) is 106 cm³/mol. The summed E-state index contributed by atoms with van der Waals surface area (Å²) in [5.74, 6) is -0.0130. The number of halogens is 1. The van der Waals surface area contributed by atoms with E-state index in [9.17, 15) is 17.6 Å². The first-order valence-corrected chi connectivity index (χ1v) is 10.8. The Kier molecular flexibility index (Phi) is 5.12. The van der Waals surface area contributed by atoms with Gasteiger partial charge >= 0.3 is 0 Å². The molecule has 0 radical (unpaired) electrons. The highest BCUT2D eigenvalue weighted by atomic mass is 32.2. The number of ether oxygens (including phenoxy) is 2. The van der Waals surface area contributed by atoms with E-state index in [0.29, 0.717) is 17.2 Å². The number of sulfonamides is 1. The van der Waals surface area contributed by atoms with Crippen LogP contribution in [-0.4, -0.2) is 27.7 Å². The average Bonchev–Trinajstić information content (AvgIpc) is 3.38. The maximum absolute atomic E-state index is 13.3. The van der Waals surface area contributed by atoms with Crippen LogP contribution >= 0.6 is 11.3 Å². The smallest absolute Gasteiger partial charge is 0.274 e. The fourth-order valence-corrected chi connectivity index (χ4v) is 5.27. The maximum Gasteiger partial charge on any atom is 0.274 e. The van der Waals surface area contributed by atoms with E-state index in [4.69, 9.17) is 9.47 Å². The van der Waals surface area contributed by atoms with Crippen LogP contribution < -0.4 is 19.1 Å². The van der Waals surface area contributed by atoms with Crippen molar-refractivity contribution in [1.29, 1.82) is 0 Å². The van der Waals surface area contributed by atoms with Gasteiger partial charge in [0.15, 0.2) is 11.5 Å². The lowest BCUT2D eigenvalue weighted by molar-refractivity contribution is -0.114. The van der Waals surface area contributed by atoms with Gasteiger partial charge in [-0.25, -0.2) is 12.8 Å². The maximum atomic E-state index is 13.3. The van der Waals surface area contributed by atoms with Crippen molar-refractivity contribution in [3.05, 3.63) is 65.8 Å². The second-order valence-electron chi connectivity index (χ2n) is 6.04. The van der Waals surface area contributed by atoms with Crippen LogP contribution in [0, 0.1) is 5.82 Å². The second kappa shape index (κ2) is 7.72. The van der Waals surface area contributed by atoms with E-state index in [-0.39, 0.29) is 16.7 Å². The Labute approximate surface area is 170 Å². The van der Waals surface area contributed by atoms with Gasteiger partial charge in [0.1, 0.15) is 16.6 Å². The van der Waals surface area contributed by atoms with Crippen LogP contribution in [-0.2, 0) is 14.8 Å². The summed E-state index contributed by atoms with van der Waals surface area (Å²) in [6.45, 7) is -0.384. The molecule has 0 fully saturated rings. The van der Waals surface area contributed by atoms with E-state index < -0.39 is 28.3 Å². The van der Waals surface area contributed by atoms with Crippen LogP contribution in [0.25, 0.3) is 0 Å². The van der Waals surface area contributed by atoms with Crippen molar-refractivity contribution in [1.82, 2.24) is 0 Å². The van der Waals surface area contributed by atoms with Crippen molar-refractivity contribution >= 4 is 38.6 Å². The number of nitrogens with zero attached hydrogens (tertiary/aromatic N) is 1. The first-order chi connectivity index (χ1) is 13.9. The van der Waals surface area contributed by atoms with Crippen LogP contribution in [0.2, 0.25) is 0 Å². The molecule has 0 unspecified atom stereocenters. The van der Waals surface area contributed by atoms with E-state index >= 15 is 0 Å². The quantitative estimate of drug-likeness (QED) is 0.642. The molecule has 4 rings (SSSR count). The summed E-state index contributed by atoms with van der Waals surface area (Å²) in [6, 6.07) is 12.8. The molecule has 2 heterocycles. The molecule has 1 aliphatic rings. The molecule has 3 aromatic rings. The molecule has 1 N–H and O–H groups in total. The van der Waals surface area contributed by atoms with Gasteiger partial charge in [-0.05, 0) is 47.8 Å². The Balaban J connectivity index is 1.59. The highest BCUT2D eigenvalue weighted by Crippen LogP contribution is 2.34. The topological polar surface area (TPSA) is 84.9 Å². The number of hydrogen-bond acceptors (Lipinski definition) is 6. The van der Waals surface area contributed by atoms with E-state index in [0.717, 1.165) is 27.8 Å². The van der Waals surface area contributed by atoms with Gasteiger partial charge in [0.2, 0.25) is 12.7 Å². The number of thiophene rings is 1. The van der Waals surface area contributed by atoms with Gasteiger partial charge in [-0.2, -0.15) is 0 Å². The molecule has 0 atom stereocenters. The minimum atomic E-state index is -4.00. The highest BCUT2D eigenvalue weighted by molar-refractivity contribution is 7.94. The molecule has 2 aromatic carbocycles. The summed E-state index contributed by atoms with van der Waals surface area (Å²) in [4.78, 5) is 12.6. The number of fused-ring (bicyclic) bond motifs is 1. The number of carbonyl (C=O) groups excluding carboxylic acids is 1. The summed E-state index contributed by atoms with van der Waals surface area (Å²) >= 11 is 1.03. The number of amides is 1. The van der Waals surface area contributed by atoms with Crippen LogP contribution in [0.3, 0.4) is 0 Å². The van der Waals surface area contributed by atoms with Gasteiger partial charge in [0.05, 0.1) is 5.69 Å². The molecule has 150 valence electrons. The normalized spacial score (nSPS) is 12.6. The molecule has 1 amide bonds. The van der Waals surface area contributed by atoms with Gasteiger partial charge in [-0.3, -0.25) is 9.10 Å². The molecule has 7 nitrogen and oxygen atoms in total. The highest BCUT2D eigenvalue weighted by Gasteiger charge is 2.28. The summed E-state index contributed by atoms with van der Waals surface area (Å²) in [6.07, 6.45) is 0. The van der Waals surface area contributed by atoms with E-state index in [2.05, 4.69) is 5.32 Å². The molecule has 0 spiro atoms. The van der Waals surface area contributed by atoms with Crippen molar-refractivity contribution in [3.8, 4) is 11.5 Å². The fourth-order valence-electron chi connectivity index (χ4n) is 2.75. The molecule has 29 heavy (non-hydrogen) atoms. The lowest BCUT2D eigenvalue weighted by atomic mass is 10.2. The van der Waals surface area contributed by atoms with Crippen molar-refractivity contribution < 1.29 is 27.1 Å².